The van der Waals surface area contributed by atoms with Gasteiger partial charge in [-0.15, -0.1) is 0 Å². The maximum absolute atomic E-state index is 12.4. The molecule has 7 heteroatoms. The summed E-state index contributed by atoms with van der Waals surface area (Å²) in [6, 6.07) is 6.15. The van der Waals surface area contributed by atoms with E-state index in [0.29, 0.717) is 18.8 Å². The number of sulfonamides is 1. The molecule has 2 bridgehead atoms. The third-order valence-electron chi connectivity index (χ3n) is 4.48. The molecule has 1 amide bonds. The Morgan fingerprint density at radius 2 is 2.08 bits per heavy atom. The van der Waals surface area contributed by atoms with Gasteiger partial charge in [-0.05, 0) is 44.2 Å². The first kappa shape index (κ1) is 17.0. The molecule has 3 N–H and O–H groups in total. The van der Waals surface area contributed by atoms with E-state index in [0.717, 1.165) is 25.7 Å². The Morgan fingerprint density at radius 3 is 2.92 bits per heavy atom. The fraction of sp³-hybridized carbons (Fsp3) is 0.471. The van der Waals surface area contributed by atoms with Crippen molar-refractivity contribution in [3.8, 4) is 5.75 Å². The lowest BCUT2D eigenvalue weighted by molar-refractivity contribution is -0.121. The molecule has 2 atom stereocenters. The van der Waals surface area contributed by atoms with Gasteiger partial charge >= 0.3 is 0 Å². The van der Waals surface area contributed by atoms with Gasteiger partial charge in [0.1, 0.15) is 11.3 Å². The van der Waals surface area contributed by atoms with Gasteiger partial charge in [0.05, 0.1) is 11.5 Å². The Labute approximate surface area is 142 Å². The van der Waals surface area contributed by atoms with Crippen LogP contribution in [0.1, 0.15) is 32.1 Å². The van der Waals surface area contributed by atoms with Gasteiger partial charge in [0.2, 0.25) is 0 Å². The average Bonchev–Trinajstić information content (AvgIpc) is 3.21. The van der Waals surface area contributed by atoms with Crippen molar-refractivity contribution in [2.24, 2.45) is 11.7 Å². The van der Waals surface area contributed by atoms with Crippen molar-refractivity contribution in [1.82, 2.24) is 4.72 Å². The molecule has 0 aromatic heterocycles. The normalized spacial score (nSPS) is 31.2. The number of ether oxygens (including phenoxy) is 1. The van der Waals surface area contributed by atoms with E-state index >= 15 is 0 Å². The second kappa shape index (κ2) is 6.57. The van der Waals surface area contributed by atoms with Crippen LogP contribution in [0.4, 0.5) is 0 Å². The van der Waals surface area contributed by atoms with E-state index < -0.39 is 21.5 Å². The molecule has 1 fully saturated rings. The van der Waals surface area contributed by atoms with E-state index in [2.05, 4.69) is 4.72 Å². The number of amides is 1. The van der Waals surface area contributed by atoms with E-state index in [1.54, 1.807) is 12.1 Å². The van der Waals surface area contributed by atoms with Crippen LogP contribution in [0.2, 0.25) is 0 Å². The zero-order valence-corrected chi connectivity index (χ0v) is 14.2. The molecular formula is C17H22N2O4S. The van der Waals surface area contributed by atoms with Crippen molar-refractivity contribution in [1.29, 1.82) is 0 Å². The highest BCUT2D eigenvalue weighted by atomic mass is 32.2. The minimum atomic E-state index is -3.96. The number of carbonyl (C=O) groups is 1. The lowest BCUT2D eigenvalue weighted by Gasteiger charge is -2.13. The molecule has 0 spiro atoms. The monoisotopic (exact) mass is 350 g/mol. The van der Waals surface area contributed by atoms with Crippen molar-refractivity contribution >= 4 is 15.9 Å². The average molecular weight is 350 g/mol. The Kier molecular flexibility index (Phi) is 4.64. The Morgan fingerprint density at radius 1 is 1.25 bits per heavy atom. The predicted molar refractivity (Wildman–Crippen MR) is 89.9 cm³/mol. The fourth-order valence-corrected chi connectivity index (χ4v) is 3.89. The fourth-order valence-electron chi connectivity index (χ4n) is 2.80. The Balaban J connectivity index is 1.85. The molecule has 0 unspecified atom stereocenters. The molecule has 1 aromatic rings. The first-order valence-corrected chi connectivity index (χ1v) is 9.66. The third-order valence-corrected chi connectivity index (χ3v) is 5.81. The lowest BCUT2D eigenvalue weighted by atomic mass is 10.1. The minimum Gasteiger partial charge on any atom is -0.494 e. The highest BCUT2D eigenvalue weighted by Crippen LogP contribution is 2.42. The summed E-state index contributed by atoms with van der Waals surface area (Å²) in [5.41, 5.74) is 4.92. The Hall–Kier alpha value is -1.86. The van der Waals surface area contributed by atoms with E-state index in [-0.39, 0.29) is 10.8 Å². The van der Waals surface area contributed by atoms with Gasteiger partial charge in [0.15, 0.2) is 0 Å². The highest BCUT2D eigenvalue weighted by molar-refractivity contribution is 7.90. The summed E-state index contributed by atoms with van der Waals surface area (Å²) in [5.74, 6) is -0.282. The highest BCUT2D eigenvalue weighted by Gasteiger charge is 2.56. The summed E-state index contributed by atoms with van der Waals surface area (Å²) in [7, 11) is -3.96. The van der Waals surface area contributed by atoms with Gasteiger partial charge in [0.25, 0.3) is 15.9 Å². The van der Waals surface area contributed by atoms with Gasteiger partial charge < -0.3 is 10.5 Å². The van der Waals surface area contributed by atoms with Crippen LogP contribution < -0.4 is 15.2 Å². The summed E-state index contributed by atoms with van der Waals surface area (Å²) in [5, 5.41) is 0. The molecule has 130 valence electrons. The number of benzene rings is 1. The quantitative estimate of drug-likeness (QED) is 0.694. The van der Waals surface area contributed by atoms with Crippen LogP contribution in [0, 0.1) is 5.92 Å². The summed E-state index contributed by atoms with van der Waals surface area (Å²) in [4.78, 5) is 12.3. The van der Waals surface area contributed by atoms with Crippen LogP contribution in [0.15, 0.2) is 41.3 Å². The minimum absolute atomic E-state index is 0.00298. The van der Waals surface area contributed by atoms with Crippen LogP contribution in [-0.2, 0) is 14.8 Å². The first-order chi connectivity index (χ1) is 11.4. The van der Waals surface area contributed by atoms with Gasteiger partial charge in [0, 0.05) is 12.0 Å². The smallest absolute Gasteiger partial charge is 0.264 e. The van der Waals surface area contributed by atoms with Crippen molar-refractivity contribution < 1.29 is 17.9 Å². The molecule has 1 aliphatic heterocycles. The molecule has 1 aliphatic carbocycles. The molecule has 3 rings (SSSR count). The number of nitrogens with one attached hydrogen (secondary N) is 1. The second-order valence-corrected chi connectivity index (χ2v) is 8.07. The molecular weight excluding hydrogens is 328 g/mol. The number of hydrogen-bond donors (Lipinski definition) is 2. The number of carbonyl (C=O) groups excluding carboxylic acids is 1. The van der Waals surface area contributed by atoms with Crippen LogP contribution >= 0.6 is 0 Å². The van der Waals surface area contributed by atoms with E-state index in [1.165, 1.54) is 12.1 Å². The van der Waals surface area contributed by atoms with Gasteiger partial charge in [-0.25, -0.2) is 13.1 Å². The van der Waals surface area contributed by atoms with Gasteiger partial charge in [-0.2, -0.15) is 0 Å². The molecule has 2 aliphatic rings. The first-order valence-electron chi connectivity index (χ1n) is 8.17. The third kappa shape index (κ3) is 3.62. The summed E-state index contributed by atoms with van der Waals surface area (Å²) in [6.45, 7) is 0.536. The largest absolute Gasteiger partial charge is 0.494 e. The van der Waals surface area contributed by atoms with Crippen LogP contribution in [0.25, 0.3) is 0 Å². The maximum atomic E-state index is 12.4. The summed E-state index contributed by atoms with van der Waals surface area (Å²) >= 11 is 0. The maximum Gasteiger partial charge on any atom is 0.264 e. The molecule has 0 saturated heterocycles. The molecule has 1 aromatic carbocycles. The number of nitrogens with two attached hydrogens (primary N) is 1. The van der Waals surface area contributed by atoms with Crippen molar-refractivity contribution in [3.63, 3.8) is 0 Å². The molecule has 6 nitrogen and oxygen atoms in total. The zero-order valence-electron chi connectivity index (χ0n) is 13.4. The van der Waals surface area contributed by atoms with Crippen molar-refractivity contribution in [3.05, 3.63) is 36.4 Å². The molecule has 24 heavy (non-hydrogen) atoms. The van der Waals surface area contributed by atoms with Gasteiger partial charge in [-0.1, -0.05) is 18.2 Å². The van der Waals surface area contributed by atoms with Crippen LogP contribution in [0.5, 0.6) is 5.75 Å². The number of hydrogen-bond acceptors (Lipinski definition) is 5. The van der Waals surface area contributed by atoms with E-state index in [4.69, 9.17) is 10.5 Å². The SMILES string of the molecule is N[C@]12C[C@H]1/C=C\CCCCCOc1cccc(c1)S(=O)(=O)NC2=O. The number of allylic oxidation sites excluding steroid dienone is 1. The second-order valence-electron chi connectivity index (χ2n) is 6.39. The summed E-state index contributed by atoms with van der Waals surface area (Å²) < 4.78 is 32.5. The van der Waals surface area contributed by atoms with Crippen molar-refractivity contribution in [2.75, 3.05) is 6.61 Å². The zero-order chi connectivity index (χ0) is 17.2. The van der Waals surface area contributed by atoms with Crippen LogP contribution in [0.3, 0.4) is 0 Å². The Bertz CT molecular complexity index is 760. The van der Waals surface area contributed by atoms with Crippen LogP contribution in [-0.4, -0.2) is 26.5 Å². The molecule has 1 saturated carbocycles. The predicted octanol–water partition coefficient (Wildman–Crippen LogP) is 1.72. The molecule has 1 heterocycles. The topological polar surface area (TPSA) is 98.5 Å². The standard InChI is InChI=1S/C17H22N2O4S/c18-17-12-13(17)7-4-2-1-3-5-10-23-14-8-6-9-15(11-14)24(21,22)19-16(17)20/h4,6-9,11,13H,1-3,5,10,12,18H2,(H,19,20)/b7-4-/t13-,17-/m1/s1. The number of rotatable bonds is 0. The summed E-state index contributed by atoms with van der Waals surface area (Å²) in [6.07, 6.45) is 8.32. The van der Waals surface area contributed by atoms with Crippen molar-refractivity contribution in [2.45, 2.75) is 42.5 Å². The molecule has 0 radical (unpaired) electrons. The van der Waals surface area contributed by atoms with Gasteiger partial charge in [-0.3, -0.25) is 4.79 Å². The van der Waals surface area contributed by atoms with E-state index in [1.807, 2.05) is 12.2 Å². The lowest BCUT2D eigenvalue weighted by Crippen LogP contribution is -2.46. The number of fused-ring (bicyclic) bond motifs is 3. The van der Waals surface area contributed by atoms with E-state index in [9.17, 15) is 13.2 Å².